The number of benzene rings is 1. The molecule has 2 aliphatic heterocycles. The Kier molecular flexibility index (Phi) is 7.59. The summed E-state index contributed by atoms with van der Waals surface area (Å²) in [6.07, 6.45) is 1.25. The average Bonchev–Trinajstić information content (AvgIpc) is 3.31. The van der Waals surface area contributed by atoms with Crippen LogP contribution in [0.25, 0.3) is 11.3 Å². The number of hydrogen-bond donors (Lipinski definition) is 1. The number of halogens is 4. The Balaban J connectivity index is 1.11. The summed E-state index contributed by atoms with van der Waals surface area (Å²) in [6.45, 7) is 2.40. The predicted molar refractivity (Wildman–Crippen MR) is 131 cm³/mol. The van der Waals surface area contributed by atoms with Gasteiger partial charge in [-0.15, -0.1) is 0 Å². The van der Waals surface area contributed by atoms with Gasteiger partial charge in [0.1, 0.15) is 5.82 Å². The summed E-state index contributed by atoms with van der Waals surface area (Å²) < 4.78 is 61.0. The maximum Gasteiger partial charge on any atom is 0.395 e. The van der Waals surface area contributed by atoms with Crippen LogP contribution in [0.2, 0.25) is 0 Å². The molecule has 1 unspecified atom stereocenters. The fourth-order valence-corrected chi connectivity index (χ4v) is 5.57. The second kappa shape index (κ2) is 10.8. The smallest absolute Gasteiger partial charge is 0.395 e. The van der Waals surface area contributed by atoms with Crippen molar-refractivity contribution in [2.45, 2.75) is 50.8 Å². The molecule has 3 aliphatic rings. The molecule has 0 radical (unpaired) electrons. The number of carbonyl (C=O) groups excluding carboxylic acids is 1. The molecule has 1 aliphatic carbocycles. The Bertz CT molecular complexity index is 1130. The molecule has 0 bridgehead atoms. The highest BCUT2D eigenvalue weighted by Gasteiger charge is 2.58. The van der Waals surface area contributed by atoms with E-state index in [0.29, 0.717) is 50.7 Å². The summed E-state index contributed by atoms with van der Waals surface area (Å²) in [4.78, 5) is 24.4. The lowest BCUT2D eigenvalue weighted by Gasteiger charge is -2.47. The first kappa shape index (κ1) is 26.8. The molecular formula is C27H32F4N4O3. The van der Waals surface area contributed by atoms with Crippen LogP contribution in [0.5, 0.6) is 5.88 Å². The summed E-state index contributed by atoms with van der Waals surface area (Å²) in [5.74, 6) is -0.410. The minimum Gasteiger partial charge on any atom is -0.476 e. The number of hydrogen-bond acceptors (Lipinski definition) is 6. The largest absolute Gasteiger partial charge is 0.476 e. The fraction of sp³-hybridized carbons (Fsp3) is 0.593. The van der Waals surface area contributed by atoms with Crippen molar-refractivity contribution in [1.29, 1.82) is 0 Å². The highest BCUT2D eigenvalue weighted by molar-refractivity contribution is 5.95. The minimum absolute atomic E-state index is 0.0874. The highest BCUT2D eigenvalue weighted by atomic mass is 19.4. The Morgan fingerprint density at radius 1 is 1.11 bits per heavy atom. The number of nitrogens with zero attached hydrogens (tertiary/aromatic N) is 4. The Hall–Kier alpha value is -2.79. The lowest BCUT2D eigenvalue weighted by atomic mass is 9.67. The van der Waals surface area contributed by atoms with Crippen molar-refractivity contribution in [1.82, 2.24) is 19.8 Å². The molecule has 2 aromatic rings. The van der Waals surface area contributed by atoms with Crippen LogP contribution in [0, 0.1) is 17.2 Å². The summed E-state index contributed by atoms with van der Waals surface area (Å²) in [7, 11) is 0. The first-order valence-electron chi connectivity index (χ1n) is 13.1. The molecule has 7 nitrogen and oxygen atoms in total. The topological polar surface area (TPSA) is 78.8 Å². The van der Waals surface area contributed by atoms with Gasteiger partial charge in [-0.1, -0.05) is 6.42 Å². The van der Waals surface area contributed by atoms with E-state index >= 15 is 0 Å². The van der Waals surface area contributed by atoms with Gasteiger partial charge in [-0.2, -0.15) is 13.2 Å². The van der Waals surface area contributed by atoms with Gasteiger partial charge in [0, 0.05) is 30.8 Å². The number of aliphatic hydroxyl groups is 1. The fourth-order valence-electron chi connectivity index (χ4n) is 5.57. The van der Waals surface area contributed by atoms with Gasteiger partial charge >= 0.3 is 6.18 Å². The van der Waals surface area contributed by atoms with Gasteiger partial charge in [0.25, 0.3) is 5.91 Å². The Morgan fingerprint density at radius 3 is 2.42 bits per heavy atom. The van der Waals surface area contributed by atoms with E-state index in [0.717, 1.165) is 12.8 Å². The van der Waals surface area contributed by atoms with Crippen molar-refractivity contribution < 1.29 is 32.2 Å². The molecule has 1 saturated carbocycles. The summed E-state index contributed by atoms with van der Waals surface area (Å²) >= 11 is 0. The molecular weight excluding hydrogens is 504 g/mol. The second-order valence-corrected chi connectivity index (χ2v) is 10.8. The SMILES string of the molecule is O=C(c1ccc(-c2cnc(OCC3CCN(CC4(C(F)(F)F)CCC4)CC3)cn2)c(F)c1)N1CCC(O)C1. The first-order chi connectivity index (χ1) is 18.1. The Labute approximate surface area is 218 Å². The van der Waals surface area contributed by atoms with Crippen LogP contribution in [0.1, 0.15) is 48.9 Å². The number of piperidine rings is 1. The maximum absolute atomic E-state index is 14.8. The van der Waals surface area contributed by atoms with Crippen molar-refractivity contribution in [3.8, 4) is 17.1 Å². The highest BCUT2D eigenvalue weighted by Crippen LogP contribution is 2.53. The van der Waals surface area contributed by atoms with E-state index in [1.165, 1.54) is 35.5 Å². The van der Waals surface area contributed by atoms with Gasteiger partial charge in [0.2, 0.25) is 5.88 Å². The molecule has 1 amide bonds. The maximum atomic E-state index is 14.8. The van der Waals surface area contributed by atoms with Crippen LogP contribution < -0.4 is 4.74 Å². The van der Waals surface area contributed by atoms with Gasteiger partial charge in [-0.3, -0.25) is 4.79 Å². The second-order valence-electron chi connectivity index (χ2n) is 10.8. The van der Waals surface area contributed by atoms with E-state index in [9.17, 15) is 27.5 Å². The van der Waals surface area contributed by atoms with Crippen molar-refractivity contribution in [2.75, 3.05) is 39.3 Å². The number of aliphatic hydroxyl groups excluding tert-OH is 1. The number of carbonyl (C=O) groups is 1. The molecule has 1 aromatic heterocycles. The van der Waals surface area contributed by atoms with Crippen molar-refractivity contribution in [2.24, 2.45) is 11.3 Å². The lowest BCUT2D eigenvalue weighted by molar-refractivity contribution is -0.256. The third-order valence-corrected chi connectivity index (χ3v) is 8.18. The van der Waals surface area contributed by atoms with Crippen molar-refractivity contribution in [3.05, 3.63) is 42.0 Å². The van der Waals surface area contributed by atoms with Crippen LogP contribution >= 0.6 is 0 Å². The monoisotopic (exact) mass is 536 g/mol. The summed E-state index contributed by atoms with van der Waals surface area (Å²) in [6, 6.07) is 4.19. The number of ether oxygens (including phenoxy) is 1. The number of likely N-dealkylation sites (tertiary alicyclic amines) is 2. The molecule has 11 heteroatoms. The number of aromatic nitrogens is 2. The zero-order valence-electron chi connectivity index (χ0n) is 21.1. The van der Waals surface area contributed by atoms with Crippen LogP contribution in [0.3, 0.4) is 0 Å². The van der Waals surface area contributed by atoms with Crippen LogP contribution in [-0.2, 0) is 0 Å². The van der Waals surface area contributed by atoms with Crippen LogP contribution in [0.4, 0.5) is 17.6 Å². The number of alkyl halides is 3. The molecule has 1 N–H and O–H groups in total. The number of amides is 1. The van der Waals surface area contributed by atoms with Gasteiger partial charge in [0.15, 0.2) is 0 Å². The third-order valence-electron chi connectivity index (χ3n) is 8.18. The minimum atomic E-state index is -4.14. The van der Waals surface area contributed by atoms with E-state index in [1.54, 1.807) is 0 Å². The number of β-amino-alcohol motifs (C(OH)–C–C–N with tert-alkyl or cyclic N) is 1. The van der Waals surface area contributed by atoms with E-state index in [1.807, 2.05) is 4.90 Å². The van der Waals surface area contributed by atoms with Crippen LogP contribution in [-0.4, -0.2) is 82.4 Å². The third kappa shape index (κ3) is 5.63. The molecule has 0 spiro atoms. The van der Waals surface area contributed by atoms with Crippen molar-refractivity contribution >= 4 is 5.91 Å². The standard InChI is InChI=1S/C27H32F4N4O3/c28-22-12-19(25(37)35-11-6-20(36)15-35)2-3-21(22)23-13-33-24(14-32-23)38-16-18-4-9-34(10-5-18)17-26(7-1-8-26)27(29,30)31/h2-3,12-14,18,20,36H,1,4-11,15-17H2. The summed E-state index contributed by atoms with van der Waals surface area (Å²) in [5.41, 5.74) is -0.813. The predicted octanol–water partition coefficient (Wildman–Crippen LogP) is 4.31. The molecule has 5 rings (SSSR count). The molecule has 3 fully saturated rings. The molecule has 1 atom stereocenters. The zero-order valence-corrected chi connectivity index (χ0v) is 21.1. The van der Waals surface area contributed by atoms with Gasteiger partial charge in [0.05, 0.1) is 36.2 Å². The first-order valence-corrected chi connectivity index (χ1v) is 13.1. The quantitative estimate of drug-likeness (QED) is 0.532. The summed E-state index contributed by atoms with van der Waals surface area (Å²) in [5, 5.41) is 9.63. The molecule has 3 heterocycles. The molecule has 206 valence electrons. The number of rotatable bonds is 7. The van der Waals surface area contributed by atoms with E-state index < -0.39 is 23.5 Å². The van der Waals surface area contributed by atoms with Gasteiger partial charge in [-0.25, -0.2) is 14.4 Å². The molecule has 1 aromatic carbocycles. The molecule has 2 saturated heterocycles. The van der Waals surface area contributed by atoms with Crippen LogP contribution in [0.15, 0.2) is 30.6 Å². The van der Waals surface area contributed by atoms with Gasteiger partial charge < -0.3 is 19.6 Å². The normalized spacial score (nSPS) is 22.3. The average molecular weight is 537 g/mol. The Morgan fingerprint density at radius 2 is 1.87 bits per heavy atom. The van der Waals surface area contributed by atoms with Crippen molar-refractivity contribution in [3.63, 3.8) is 0 Å². The van der Waals surface area contributed by atoms with E-state index in [-0.39, 0.29) is 48.9 Å². The van der Waals surface area contributed by atoms with E-state index in [2.05, 4.69) is 9.97 Å². The van der Waals surface area contributed by atoms with E-state index in [4.69, 9.17) is 4.74 Å². The van der Waals surface area contributed by atoms with Gasteiger partial charge in [-0.05, 0) is 69.3 Å². The lowest BCUT2D eigenvalue weighted by Crippen LogP contribution is -2.53. The zero-order chi connectivity index (χ0) is 26.9. The molecule has 38 heavy (non-hydrogen) atoms.